The lowest BCUT2D eigenvalue weighted by Gasteiger charge is -2.10. The summed E-state index contributed by atoms with van der Waals surface area (Å²) in [4.78, 5) is 26.9. The van der Waals surface area contributed by atoms with Gasteiger partial charge >= 0.3 is 5.97 Å². The van der Waals surface area contributed by atoms with Crippen molar-refractivity contribution in [2.75, 3.05) is 19.8 Å². The maximum absolute atomic E-state index is 11.6. The Hall–Kier alpha value is -1.66. The molecule has 6 nitrogen and oxygen atoms in total. The van der Waals surface area contributed by atoms with E-state index in [1.165, 1.54) is 18.3 Å². The quantitative estimate of drug-likeness (QED) is 0.652. The molecule has 2 rings (SSSR count). The maximum atomic E-state index is 11.6. The zero-order valence-corrected chi connectivity index (χ0v) is 11.6. The molecule has 1 amide bonds. The summed E-state index contributed by atoms with van der Waals surface area (Å²) in [5.74, 6) is -0.961. The number of rotatable bonds is 5. The van der Waals surface area contributed by atoms with Gasteiger partial charge in [0.15, 0.2) is 6.61 Å². The molecule has 0 aliphatic carbocycles. The number of nitrogens with one attached hydrogen (secondary N) is 1. The SMILES string of the molecule is O=C(COC(=O)c1ccc(Cl)nc1)NC[C@@H]1CCCO1. The summed E-state index contributed by atoms with van der Waals surface area (Å²) in [6.45, 7) is 0.853. The van der Waals surface area contributed by atoms with E-state index in [-0.39, 0.29) is 29.3 Å². The smallest absolute Gasteiger partial charge is 0.340 e. The van der Waals surface area contributed by atoms with E-state index in [4.69, 9.17) is 21.1 Å². The van der Waals surface area contributed by atoms with Crippen molar-refractivity contribution >= 4 is 23.5 Å². The highest BCUT2D eigenvalue weighted by atomic mass is 35.5. The molecule has 1 aromatic heterocycles. The highest BCUT2D eigenvalue weighted by molar-refractivity contribution is 6.29. The topological polar surface area (TPSA) is 77.5 Å². The van der Waals surface area contributed by atoms with Crippen LogP contribution in [-0.4, -0.2) is 42.7 Å². The Labute approximate surface area is 121 Å². The van der Waals surface area contributed by atoms with Gasteiger partial charge in [0.2, 0.25) is 0 Å². The molecule has 1 aliphatic rings. The van der Waals surface area contributed by atoms with Gasteiger partial charge in [0.1, 0.15) is 5.15 Å². The molecular formula is C13H15ClN2O4. The molecule has 1 aromatic rings. The molecule has 0 bridgehead atoms. The zero-order valence-electron chi connectivity index (χ0n) is 10.8. The van der Waals surface area contributed by atoms with Crippen LogP contribution in [-0.2, 0) is 14.3 Å². The number of amides is 1. The van der Waals surface area contributed by atoms with Crippen LogP contribution < -0.4 is 5.32 Å². The largest absolute Gasteiger partial charge is 0.452 e. The summed E-state index contributed by atoms with van der Waals surface area (Å²) in [5.41, 5.74) is 0.251. The Morgan fingerprint density at radius 1 is 1.50 bits per heavy atom. The van der Waals surface area contributed by atoms with Gasteiger partial charge in [0.25, 0.3) is 5.91 Å². The third-order valence-electron chi connectivity index (χ3n) is 2.85. The average molecular weight is 299 g/mol. The minimum Gasteiger partial charge on any atom is -0.452 e. The van der Waals surface area contributed by atoms with Crippen LogP contribution in [0, 0.1) is 0 Å². The second-order valence-electron chi connectivity index (χ2n) is 4.38. The summed E-state index contributed by atoms with van der Waals surface area (Å²) < 4.78 is 10.2. The molecule has 1 aliphatic heterocycles. The first-order valence-electron chi connectivity index (χ1n) is 6.32. The number of carbonyl (C=O) groups excluding carboxylic acids is 2. The summed E-state index contributed by atoms with van der Waals surface area (Å²) in [5, 5.41) is 2.95. The van der Waals surface area contributed by atoms with Crippen LogP contribution in [0.1, 0.15) is 23.2 Å². The number of ether oxygens (including phenoxy) is 2. The summed E-state index contributed by atoms with van der Waals surface area (Å²) >= 11 is 5.61. The van der Waals surface area contributed by atoms with Gasteiger partial charge in [-0.05, 0) is 25.0 Å². The van der Waals surface area contributed by atoms with Crippen LogP contribution in [0.25, 0.3) is 0 Å². The normalized spacial score (nSPS) is 17.8. The Morgan fingerprint density at radius 3 is 3.00 bits per heavy atom. The van der Waals surface area contributed by atoms with Gasteiger partial charge in [-0.15, -0.1) is 0 Å². The Morgan fingerprint density at radius 2 is 2.35 bits per heavy atom. The van der Waals surface area contributed by atoms with Crippen molar-refractivity contribution in [2.24, 2.45) is 0 Å². The third kappa shape index (κ3) is 4.47. The summed E-state index contributed by atoms with van der Waals surface area (Å²) in [7, 11) is 0. The van der Waals surface area contributed by atoms with Gasteiger partial charge in [-0.2, -0.15) is 0 Å². The molecule has 1 fully saturated rings. The lowest BCUT2D eigenvalue weighted by molar-refractivity contribution is -0.124. The molecule has 20 heavy (non-hydrogen) atoms. The molecule has 0 aromatic carbocycles. The highest BCUT2D eigenvalue weighted by Gasteiger charge is 2.17. The van der Waals surface area contributed by atoms with Crippen LogP contribution in [0.2, 0.25) is 5.15 Å². The number of aromatic nitrogens is 1. The average Bonchev–Trinajstić information content (AvgIpc) is 2.96. The van der Waals surface area contributed by atoms with E-state index in [9.17, 15) is 9.59 Å². The molecule has 1 atom stereocenters. The van der Waals surface area contributed by atoms with Crippen LogP contribution in [0.4, 0.5) is 0 Å². The second-order valence-corrected chi connectivity index (χ2v) is 4.77. The zero-order chi connectivity index (χ0) is 14.4. The van der Waals surface area contributed by atoms with Crippen LogP contribution in [0.15, 0.2) is 18.3 Å². The standard InChI is InChI=1S/C13H15ClN2O4/c14-11-4-3-9(6-15-11)13(18)20-8-12(17)16-7-10-2-1-5-19-10/h3-4,6,10H,1-2,5,7-8H2,(H,16,17)/t10-/m0/s1. The minimum atomic E-state index is -0.610. The fraction of sp³-hybridized carbons (Fsp3) is 0.462. The number of hydrogen-bond donors (Lipinski definition) is 1. The first-order chi connectivity index (χ1) is 9.65. The molecule has 0 unspecified atom stereocenters. The number of halogens is 1. The predicted octanol–water partition coefficient (Wildman–Crippen LogP) is 1.19. The van der Waals surface area contributed by atoms with E-state index < -0.39 is 5.97 Å². The molecule has 0 radical (unpaired) electrons. The van der Waals surface area contributed by atoms with Crippen molar-refractivity contribution < 1.29 is 19.1 Å². The molecule has 0 saturated carbocycles. The van der Waals surface area contributed by atoms with Crippen molar-refractivity contribution in [3.63, 3.8) is 0 Å². The number of pyridine rings is 1. The summed E-state index contributed by atoms with van der Waals surface area (Å²) in [6.07, 6.45) is 3.32. The maximum Gasteiger partial charge on any atom is 0.340 e. The highest BCUT2D eigenvalue weighted by Crippen LogP contribution is 2.10. The van der Waals surface area contributed by atoms with Crippen molar-refractivity contribution in [1.82, 2.24) is 10.3 Å². The number of esters is 1. The fourth-order valence-corrected chi connectivity index (χ4v) is 1.91. The Kier molecular flexibility index (Phi) is 5.31. The van der Waals surface area contributed by atoms with E-state index in [1.807, 2.05) is 0 Å². The van der Waals surface area contributed by atoms with Crippen LogP contribution in [0.5, 0.6) is 0 Å². The van der Waals surface area contributed by atoms with Gasteiger partial charge in [-0.1, -0.05) is 11.6 Å². The third-order valence-corrected chi connectivity index (χ3v) is 3.07. The van der Waals surface area contributed by atoms with Crippen LogP contribution in [0.3, 0.4) is 0 Å². The number of nitrogens with zero attached hydrogens (tertiary/aromatic N) is 1. The summed E-state index contributed by atoms with van der Waals surface area (Å²) in [6, 6.07) is 2.97. The van der Waals surface area contributed by atoms with E-state index in [1.54, 1.807) is 0 Å². The molecule has 108 valence electrons. The molecule has 0 spiro atoms. The van der Waals surface area contributed by atoms with E-state index in [0.29, 0.717) is 6.54 Å². The first kappa shape index (κ1) is 14.7. The molecular weight excluding hydrogens is 284 g/mol. The van der Waals surface area contributed by atoms with Gasteiger partial charge in [0.05, 0.1) is 11.7 Å². The van der Waals surface area contributed by atoms with E-state index >= 15 is 0 Å². The van der Waals surface area contributed by atoms with Crippen molar-refractivity contribution in [3.8, 4) is 0 Å². The molecule has 2 heterocycles. The van der Waals surface area contributed by atoms with Gasteiger partial charge in [-0.25, -0.2) is 9.78 Å². The van der Waals surface area contributed by atoms with Crippen LogP contribution >= 0.6 is 11.6 Å². The van der Waals surface area contributed by atoms with Gasteiger partial charge in [0, 0.05) is 19.3 Å². The van der Waals surface area contributed by atoms with Crippen molar-refractivity contribution in [3.05, 3.63) is 29.0 Å². The Bertz CT molecular complexity index is 472. The molecule has 1 N–H and O–H groups in total. The van der Waals surface area contributed by atoms with E-state index in [0.717, 1.165) is 19.4 Å². The predicted molar refractivity (Wildman–Crippen MR) is 71.5 cm³/mol. The lowest BCUT2D eigenvalue weighted by Crippen LogP contribution is -2.34. The number of carbonyl (C=O) groups is 2. The monoisotopic (exact) mass is 298 g/mol. The second kappa shape index (κ2) is 7.21. The first-order valence-corrected chi connectivity index (χ1v) is 6.70. The van der Waals surface area contributed by atoms with Crippen molar-refractivity contribution in [2.45, 2.75) is 18.9 Å². The number of hydrogen-bond acceptors (Lipinski definition) is 5. The molecule has 7 heteroatoms. The minimum absolute atomic E-state index is 0.0649. The van der Waals surface area contributed by atoms with E-state index in [2.05, 4.69) is 10.3 Å². The van der Waals surface area contributed by atoms with Crippen molar-refractivity contribution in [1.29, 1.82) is 0 Å². The lowest BCUT2D eigenvalue weighted by atomic mass is 10.2. The van der Waals surface area contributed by atoms with Gasteiger partial charge < -0.3 is 14.8 Å². The molecule has 1 saturated heterocycles. The fourth-order valence-electron chi connectivity index (χ4n) is 1.80. The van der Waals surface area contributed by atoms with Gasteiger partial charge in [-0.3, -0.25) is 4.79 Å². The Balaban J connectivity index is 1.69.